The van der Waals surface area contributed by atoms with Gasteiger partial charge in [0.15, 0.2) is 0 Å². The number of benzene rings is 1. The Hall–Kier alpha value is -1.18. The van der Waals surface area contributed by atoms with Crippen molar-refractivity contribution in [2.45, 2.75) is 52.5 Å². The van der Waals surface area contributed by atoms with Crippen LogP contribution in [0.3, 0.4) is 0 Å². The van der Waals surface area contributed by atoms with Gasteiger partial charge in [0.25, 0.3) is 0 Å². The van der Waals surface area contributed by atoms with Gasteiger partial charge in [-0.3, -0.25) is 0 Å². The van der Waals surface area contributed by atoms with Gasteiger partial charge >= 0.3 is 0 Å². The number of hydrogen-bond acceptors (Lipinski definition) is 2. The predicted molar refractivity (Wildman–Crippen MR) is 81.9 cm³/mol. The zero-order valence-electron chi connectivity index (χ0n) is 12.7. The molecular weight excluding hydrogens is 234 g/mol. The minimum atomic E-state index is 0.641. The first-order valence-electron chi connectivity index (χ1n) is 7.51. The fourth-order valence-electron chi connectivity index (χ4n) is 3.08. The third-order valence-corrected chi connectivity index (χ3v) is 4.51. The molecule has 2 rings (SSSR count). The maximum Gasteiger partial charge on any atom is 0.119 e. The first kappa shape index (κ1) is 14.2. The van der Waals surface area contributed by atoms with E-state index in [0.29, 0.717) is 6.04 Å². The van der Waals surface area contributed by atoms with E-state index >= 15 is 0 Å². The largest absolute Gasteiger partial charge is 0.497 e. The molecule has 0 aromatic heterocycles. The van der Waals surface area contributed by atoms with E-state index in [2.05, 4.69) is 38.2 Å². The lowest BCUT2D eigenvalue weighted by Gasteiger charge is -2.32. The van der Waals surface area contributed by atoms with Crippen LogP contribution in [0.5, 0.6) is 5.75 Å². The number of methoxy groups -OCH3 is 1. The SMILES string of the molecule is COc1ccc(NC2CCC(C(C)C)CC2)c(C)c1. The Labute approximate surface area is 117 Å². The van der Waals surface area contributed by atoms with Gasteiger partial charge in [0, 0.05) is 11.7 Å². The zero-order valence-corrected chi connectivity index (χ0v) is 12.7. The predicted octanol–water partition coefficient (Wildman–Crippen LogP) is 4.63. The van der Waals surface area contributed by atoms with Gasteiger partial charge in [0.2, 0.25) is 0 Å². The molecule has 0 saturated heterocycles. The normalized spacial score (nSPS) is 23.4. The molecular formula is C17H27NO. The molecule has 1 N–H and O–H groups in total. The number of anilines is 1. The topological polar surface area (TPSA) is 21.3 Å². The van der Waals surface area contributed by atoms with Gasteiger partial charge in [-0.25, -0.2) is 0 Å². The van der Waals surface area contributed by atoms with Gasteiger partial charge < -0.3 is 10.1 Å². The molecule has 1 aromatic carbocycles. The van der Waals surface area contributed by atoms with Crippen molar-refractivity contribution in [3.63, 3.8) is 0 Å². The van der Waals surface area contributed by atoms with E-state index in [9.17, 15) is 0 Å². The Kier molecular flexibility index (Phi) is 4.73. The Morgan fingerprint density at radius 1 is 1.16 bits per heavy atom. The number of aryl methyl sites for hydroxylation is 1. The van der Waals surface area contributed by atoms with Crippen LogP contribution in [0.15, 0.2) is 18.2 Å². The summed E-state index contributed by atoms with van der Waals surface area (Å²) in [6.07, 6.45) is 5.33. The molecule has 0 atom stereocenters. The summed E-state index contributed by atoms with van der Waals surface area (Å²) in [7, 11) is 1.72. The van der Waals surface area contributed by atoms with Gasteiger partial charge in [0.1, 0.15) is 5.75 Å². The monoisotopic (exact) mass is 261 g/mol. The average molecular weight is 261 g/mol. The molecule has 0 aliphatic heterocycles. The molecule has 106 valence electrons. The van der Waals surface area contributed by atoms with Crippen LogP contribution in [0.2, 0.25) is 0 Å². The summed E-state index contributed by atoms with van der Waals surface area (Å²) < 4.78 is 5.25. The van der Waals surface area contributed by atoms with Crippen molar-refractivity contribution >= 4 is 5.69 Å². The molecule has 19 heavy (non-hydrogen) atoms. The van der Waals surface area contributed by atoms with E-state index in [1.54, 1.807) is 7.11 Å². The molecule has 2 heteroatoms. The van der Waals surface area contributed by atoms with E-state index in [-0.39, 0.29) is 0 Å². The van der Waals surface area contributed by atoms with E-state index in [1.807, 2.05) is 6.07 Å². The van der Waals surface area contributed by atoms with Crippen molar-refractivity contribution in [1.82, 2.24) is 0 Å². The second-order valence-electron chi connectivity index (χ2n) is 6.18. The van der Waals surface area contributed by atoms with Crippen molar-refractivity contribution in [1.29, 1.82) is 0 Å². The summed E-state index contributed by atoms with van der Waals surface area (Å²) in [5.74, 6) is 2.70. The van der Waals surface area contributed by atoms with Crippen LogP contribution >= 0.6 is 0 Å². The first-order chi connectivity index (χ1) is 9.10. The van der Waals surface area contributed by atoms with Gasteiger partial charge in [-0.05, 0) is 68.2 Å². The summed E-state index contributed by atoms with van der Waals surface area (Å²) in [5.41, 5.74) is 2.53. The van der Waals surface area contributed by atoms with Gasteiger partial charge in [-0.2, -0.15) is 0 Å². The van der Waals surface area contributed by atoms with Crippen molar-refractivity contribution < 1.29 is 4.74 Å². The highest BCUT2D eigenvalue weighted by molar-refractivity contribution is 5.54. The molecule has 0 amide bonds. The molecule has 1 aromatic rings. The first-order valence-corrected chi connectivity index (χ1v) is 7.51. The Balaban J connectivity index is 1.92. The highest BCUT2D eigenvalue weighted by atomic mass is 16.5. The van der Waals surface area contributed by atoms with Crippen LogP contribution in [-0.4, -0.2) is 13.2 Å². The summed E-state index contributed by atoms with van der Waals surface area (Å²) in [6.45, 7) is 6.85. The molecule has 1 fully saturated rings. The van der Waals surface area contributed by atoms with E-state index in [0.717, 1.165) is 17.6 Å². The lowest BCUT2D eigenvalue weighted by Crippen LogP contribution is -2.28. The highest BCUT2D eigenvalue weighted by Crippen LogP contribution is 2.32. The molecule has 1 aliphatic carbocycles. The lowest BCUT2D eigenvalue weighted by molar-refractivity contribution is 0.267. The van der Waals surface area contributed by atoms with Gasteiger partial charge in [-0.15, -0.1) is 0 Å². The summed E-state index contributed by atoms with van der Waals surface area (Å²) >= 11 is 0. The minimum Gasteiger partial charge on any atom is -0.497 e. The summed E-state index contributed by atoms with van der Waals surface area (Å²) in [5, 5.41) is 3.70. The summed E-state index contributed by atoms with van der Waals surface area (Å²) in [4.78, 5) is 0. The number of hydrogen-bond donors (Lipinski definition) is 1. The second kappa shape index (κ2) is 6.31. The second-order valence-corrected chi connectivity index (χ2v) is 6.18. The zero-order chi connectivity index (χ0) is 13.8. The fraction of sp³-hybridized carbons (Fsp3) is 0.647. The molecule has 0 spiro atoms. The van der Waals surface area contributed by atoms with E-state index < -0.39 is 0 Å². The van der Waals surface area contributed by atoms with Crippen LogP contribution in [-0.2, 0) is 0 Å². The van der Waals surface area contributed by atoms with Crippen molar-refractivity contribution in [2.75, 3.05) is 12.4 Å². The van der Waals surface area contributed by atoms with Crippen molar-refractivity contribution in [3.05, 3.63) is 23.8 Å². The van der Waals surface area contributed by atoms with Crippen LogP contribution in [0, 0.1) is 18.8 Å². The third-order valence-electron chi connectivity index (χ3n) is 4.51. The number of rotatable bonds is 4. The Morgan fingerprint density at radius 3 is 2.37 bits per heavy atom. The van der Waals surface area contributed by atoms with Crippen LogP contribution in [0.1, 0.15) is 45.1 Å². The lowest BCUT2D eigenvalue weighted by atomic mass is 9.79. The Bertz CT molecular complexity index is 406. The van der Waals surface area contributed by atoms with Crippen LogP contribution < -0.4 is 10.1 Å². The van der Waals surface area contributed by atoms with Gasteiger partial charge in [0.05, 0.1) is 7.11 Å². The molecule has 2 nitrogen and oxygen atoms in total. The van der Waals surface area contributed by atoms with Crippen molar-refractivity contribution in [3.8, 4) is 5.75 Å². The van der Waals surface area contributed by atoms with E-state index in [4.69, 9.17) is 4.74 Å². The Morgan fingerprint density at radius 2 is 1.84 bits per heavy atom. The fourth-order valence-corrected chi connectivity index (χ4v) is 3.08. The van der Waals surface area contributed by atoms with Crippen molar-refractivity contribution in [2.24, 2.45) is 11.8 Å². The molecule has 0 unspecified atom stereocenters. The summed E-state index contributed by atoms with van der Waals surface area (Å²) in [6, 6.07) is 6.92. The molecule has 1 aliphatic rings. The quantitative estimate of drug-likeness (QED) is 0.853. The van der Waals surface area contributed by atoms with E-state index in [1.165, 1.54) is 36.9 Å². The molecule has 0 heterocycles. The molecule has 1 saturated carbocycles. The minimum absolute atomic E-state index is 0.641. The maximum absolute atomic E-state index is 5.25. The third kappa shape index (κ3) is 3.65. The van der Waals surface area contributed by atoms with Gasteiger partial charge in [-0.1, -0.05) is 13.8 Å². The molecule has 0 bridgehead atoms. The standard InChI is InChI=1S/C17H27NO/c1-12(2)14-5-7-15(8-6-14)18-17-10-9-16(19-4)11-13(17)3/h9-12,14-15,18H,5-8H2,1-4H3. The highest BCUT2D eigenvalue weighted by Gasteiger charge is 2.23. The number of ether oxygens (including phenoxy) is 1. The average Bonchev–Trinajstić information content (AvgIpc) is 2.41. The maximum atomic E-state index is 5.25. The number of nitrogens with one attached hydrogen (secondary N) is 1. The van der Waals surface area contributed by atoms with Crippen LogP contribution in [0.4, 0.5) is 5.69 Å². The smallest absolute Gasteiger partial charge is 0.119 e. The van der Waals surface area contributed by atoms with Crippen LogP contribution in [0.25, 0.3) is 0 Å². The molecule has 0 radical (unpaired) electrons.